The molecule has 0 aliphatic carbocycles. The highest BCUT2D eigenvalue weighted by molar-refractivity contribution is 6.30. The highest BCUT2D eigenvalue weighted by Gasteiger charge is 2.15. The van der Waals surface area contributed by atoms with Gasteiger partial charge >= 0.3 is 0 Å². The number of likely N-dealkylation sites (N-methyl/N-ethyl adjacent to an activating group) is 1. The first-order chi connectivity index (χ1) is 9.76. The van der Waals surface area contributed by atoms with E-state index in [-0.39, 0.29) is 0 Å². The molecule has 1 heterocycles. The van der Waals surface area contributed by atoms with Crippen molar-refractivity contribution in [1.29, 1.82) is 0 Å². The molecule has 3 heteroatoms. The van der Waals surface area contributed by atoms with Gasteiger partial charge in [-0.15, -0.1) is 0 Å². The van der Waals surface area contributed by atoms with Gasteiger partial charge in [-0.1, -0.05) is 41.9 Å². The lowest BCUT2D eigenvalue weighted by Gasteiger charge is -2.18. The summed E-state index contributed by atoms with van der Waals surface area (Å²) >= 11 is 6.06. The summed E-state index contributed by atoms with van der Waals surface area (Å²) in [5.74, 6) is 0. The number of ether oxygens (including phenoxy) is 1. The van der Waals surface area contributed by atoms with Crippen LogP contribution < -0.4 is 5.32 Å². The molecule has 0 saturated heterocycles. The van der Waals surface area contributed by atoms with Crippen LogP contribution >= 0.6 is 11.6 Å². The SMILES string of the molecule is CNC(Cc1cccc(Cl)c1)c1ccc2c(c1)COC2. The molecule has 0 spiro atoms. The zero-order valence-corrected chi connectivity index (χ0v) is 12.3. The molecule has 2 aromatic carbocycles. The number of nitrogens with one attached hydrogen (secondary N) is 1. The van der Waals surface area contributed by atoms with Gasteiger partial charge in [0.15, 0.2) is 0 Å². The molecule has 0 amide bonds. The Morgan fingerprint density at radius 1 is 1.15 bits per heavy atom. The topological polar surface area (TPSA) is 21.3 Å². The first kappa shape index (κ1) is 13.6. The second-order valence-corrected chi connectivity index (χ2v) is 5.63. The Bertz CT molecular complexity index is 612. The lowest BCUT2D eigenvalue weighted by atomic mass is 9.96. The molecule has 2 aromatic rings. The van der Waals surface area contributed by atoms with E-state index in [9.17, 15) is 0 Å². The van der Waals surface area contributed by atoms with Gasteiger partial charge in [0, 0.05) is 11.1 Å². The molecule has 0 bridgehead atoms. The highest BCUT2D eigenvalue weighted by Crippen LogP contribution is 2.26. The van der Waals surface area contributed by atoms with Crippen molar-refractivity contribution in [2.75, 3.05) is 7.05 Å². The summed E-state index contributed by atoms with van der Waals surface area (Å²) in [6, 6.07) is 15.0. The third-order valence-corrected chi connectivity index (χ3v) is 4.06. The minimum atomic E-state index is 0.291. The predicted molar refractivity (Wildman–Crippen MR) is 81.9 cm³/mol. The Hall–Kier alpha value is -1.35. The molecule has 1 aliphatic rings. The Labute approximate surface area is 124 Å². The van der Waals surface area contributed by atoms with E-state index in [0.29, 0.717) is 6.04 Å². The number of halogens is 1. The van der Waals surface area contributed by atoms with Crippen molar-refractivity contribution < 1.29 is 4.74 Å². The summed E-state index contributed by atoms with van der Waals surface area (Å²) in [7, 11) is 2.00. The van der Waals surface area contributed by atoms with Crippen LogP contribution in [0.3, 0.4) is 0 Å². The van der Waals surface area contributed by atoms with Crippen LogP contribution in [0.1, 0.15) is 28.3 Å². The smallest absolute Gasteiger partial charge is 0.0725 e. The van der Waals surface area contributed by atoms with E-state index >= 15 is 0 Å². The van der Waals surface area contributed by atoms with Gasteiger partial charge in [-0.3, -0.25) is 0 Å². The van der Waals surface area contributed by atoms with Crippen LogP contribution in [0.4, 0.5) is 0 Å². The fourth-order valence-corrected chi connectivity index (χ4v) is 2.91. The van der Waals surface area contributed by atoms with E-state index in [4.69, 9.17) is 16.3 Å². The molecular formula is C17H18ClNO. The maximum absolute atomic E-state index is 6.06. The molecule has 104 valence electrons. The summed E-state index contributed by atoms with van der Waals surface area (Å²) in [6.07, 6.45) is 0.927. The van der Waals surface area contributed by atoms with Crippen molar-refractivity contribution in [2.45, 2.75) is 25.7 Å². The van der Waals surface area contributed by atoms with Gasteiger partial charge in [0.1, 0.15) is 0 Å². The molecule has 1 aliphatic heterocycles. The molecule has 0 saturated carbocycles. The van der Waals surface area contributed by atoms with Gasteiger partial charge in [-0.05, 0) is 47.9 Å². The summed E-state index contributed by atoms with van der Waals surface area (Å²) < 4.78 is 5.48. The summed E-state index contributed by atoms with van der Waals surface area (Å²) in [5.41, 5.74) is 5.17. The summed E-state index contributed by atoms with van der Waals surface area (Å²) in [4.78, 5) is 0. The molecule has 1 atom stereocenters. The van der Waals surface area contributed by atoms with Crippen molar-refractivity contribution in [3.05, 3.63) is 69.7 Å². The van der Waals surface area contributed by atoms with E-state index < -0.39 is 0 Å². The molecule has 1 N–H and O–H groups in total. The van der Waals surface area contributed by atoms with Gasteiger partial charge in [0.25, 0.3) is 0 Å². The van der Waals surface area contributed by atoms with Crippen molar-refractivity contribution in [3.63, 3.8) is 0 Å². The number of hydrogen-bond donors (Lipinski definition) is 1. The zero-order chi connectivity index (χ0) is 13.9. The zero-order valence-electron chi connectivity index (χ0n) is 11.5. The highest BCUT2D eigenvalue weighted by atomic mass is 35.5. The van der Waals surface area contributed by atoms with Crippen LogP contribution in [0.2, 0.25) is 5.02 Å². The predicted octanol–water partition coefficient (Wildman–Crippen LogP) is 3.87. The van der Waals surface area contributed by atoms with Crippen LogP contribution in [0.25, 0.3) is 0 Å². The largest absolute Gasteiger partial charge is 0.372 e. The van der Waals surface area contributed by atoms with Crippen molar-refractivity contribution in [2.24, 2.45) is 0 Å². The van der Waals surface area contributed by atoms with Gasteiger partial charge in [-0.25, -0.2) is 0 Å². The normalized spacial score (nSPS) is 15.1. The first-order valence-corrected chi connectivity index (χ1v) is 7.25. The Morgan fingerprint density at radius 2 is 2.00 bits per heavy atom. The van der Waals surface area contributed by atoms with Crippen LogP contribution in [-0.2, 0) is 24.4 Å². The molecule has 1 unspecified atom stereocenters. The maximum atomic E-state index is 6.06. The molecule has 3 rings (SSSR count). The summed E-state index contributed by atoms with van der Waals surface area (Å²) in [6.45, 7) is 1.48. The van der Waals surface area contributed by atoms with Gasteiger partial charge in [0.05, 0.1) is 13.2 Å². The fourth-order valence-electron chi connectivity index (χ4n) is 2.69. The van der Waals surface area contributed by atoms with Gasteiger partial charge in [0.2, 0.25) is 0 Å². The van der Waals surface area contributed by atoms with Gasteiger partial charge in [-0.2, -0.15) is 0 Å². The minimum absolute atomic E-state index is 0.291. The van der Waals surface area contributed by atoms with Crippen LogP contribution in [0, 0.1) is 0 Å². The van der Waals surface area contributed by atoms with E-state index in [1.54, 1.807) is 0 Å². The van der Waals surface area contributed by atoms with Crippen LogP contribution in [0.5, 0.6) is 0 Å². The maximum Gasteiger partial charge on any atom is 0.0725 e. The monoisotopic (exact) mass is 287 g/mol. The third kappa shape index (κ3) is 2.88. The third-order valence-electron chi connectivity index (χ3n) is 3.83. The van der Waals surface area contributed by atoms with E-state index in [2.05, 4.69) is 29.6 Å². The number of hydrogen-bond acceptors (Lipinski definition) is 2. The quantitative estimate of drug-likeness (QED) is 0.921. The second kappa shape index (κ2) is 5.96. The Kier molecular flexibility index (Phi) is 4.06. The Balaban J connectivity index is 1.83. The molecular weight excluding hydrogens is 270 g/mol. The fraction of sp³-hybridized carbons (Fsp3) is 0.294. The lowest BCUT2D eigenvalue weighted by Crippen LogP contribution is -2.19. The van der Waals surface area contributed by atoms with Gasteiger partial charge < -0.3 is 10.1 Å². The molecule has 0 radical (unpaired) electrons. The summed E-state index contributed by atoms with van der Waals surface area (Å²) in [5, 5.41) is 4.18. The van der Waals surface area contributed by atoms with Crippen LogP contribution in [-0.4, -0.2) is 7.05 Å². The minimum Gasteiger partial charge on any atom is -0.372 e. The lowest BCUT2D eigenvalue weighted by molar-refractivity contribution is 0.134. The van der Waals surface area contributed by atoms with Crippen LogP contribution in [0.15, 0.2) is 42.5 Å². The van der Waals surface area contributed by atoms with Crippen molar-refractivity contribution in [1.82, 2.24) is 5.32 Å². The molecule has 20 heavy (non-hydrogen) atoms. The molecule has 0 aromatic heterocycles. The van der Waals surface area contributed by atoms with Crippen molar-refractivity contribution >= 4 is 11.6 Å². The average Bonchev–Trinajstić information content (AvgIpc) is 2.92. The second-order valence-electron chi connectivity index (χ2n) is 5.20. The standard InChI is InChI=1S/C17H18ClNO/c1-19-17(8-12-3-2-4-16(18)7-12)13-5-6-14-10-20-11-15(14)9-13/h2-7,9,17,19H,8,10-11H2,1H3. The van der Waals surface area contributed by atoms with E-state index in [1.807, 2.05) is 25.2 Å². The van der Waals surface area contributed by atoms with Crippen molar-refractivity contribution in [3.8, 4) is 0 Å². The number of benzene rings is 2. The number of fused-ring (bicyclic) bond motifs is 1. The first-order valence-electron chi connectivity index (χ1n) is 6.87. The Morgan fingerprint density at radius 3 is 2.80 bits per heavy atom. The molecule has 0 fully saturated rings. The average molecular weight is 288 g/mol. The van der Waals surface area contributed by atoms with E-state index in [1.165, 1.54) is 22.3 Å². The molecule has 2 nitrogen and oxygen atoms in total. The number of rotatable bonds is 4. The van der Waals surface area contributed by atoms with E-state index in [0.717, 1.165) is 24.7 Å².